The summed E-state index contributed by atoms with van der Waals surface area (Å²) in [6.45, 7) is 0. The van der Waals surface area contributed by atoms with Crippen LogP contribution in [0.3, 0.4) is 0 Å². The van der Waals surface area contributed by atoms with Gasteiger partial charge in [-0.05, 0) is 95.8 Å². The molecule has 84 heavy (non-hydrogen) atoms. The minimum atomic E-state index is -2.47. The molecule has 11 aromatic carbocycles. The van der Waals surface area contributed by atoms with Crippen LogP contribution in [0.15, 0.2) is 322 Å². The van der Waals surface area contributed by atoms with Crippen molar-refractivity contribution in [1.29, 1.82) is 0 Å². The molecule has 2 heterocycles. The third kappa shape index (κ3) is 11.5. The van der Waals surface area contributed by atoms with Crippen LogP contribution in [0.4, 0.5) is 0 Å². The molecular formula is C78H62Au2P2Si2+2. The smallest absolute Gasteiger partial charge is 0.366 e. The maximum atomic E-state index is 7.99. The molecule has 0 bridgehead atoms. The first-order chi connectivity index (χ1) is 40.7. The van der Waals surface area contributed by atoms with E-state index in [9.17, 15) is 0 Å². The van der Waals surface area contributed by atoms with Gasteiger partial charge in [0, 0.05) is 14.3 Å². The van der Waals surface area contributed by atoms with Gasteiger partial charge in [-0.3, -0.25) is 11.8 Å². The molecule has 2 unspecified atom stereocenters. The first-order valence-electron chi connectivity index (χ1n) is 28.4. The van der Waals surface area contributed by atoms with Gasteiger partial charge in [-0.1, -0.05) is 267 Å². The molecule has 0 N–H and O–H groups in total. The maximum Gasteiger partial charge on any atom is 1.00 e. The number of fused-ring (bicyclic) bond motifs is 6. The van der Waals surface area contributed by atoms with E-state index in [0.717, 1.165) is 11.1 Å². The molecule has 0 saturated heterocycles. The van der Waals surface area contributed by atoms with E-state index in [4.69, 9.17) is 12.8 Å². The fourth-order valence-corrected chi connectivity index (χ4v) is 30.5. The molecule has 2 aliphatic heterocycles. The summed E-state index contributed by atoms with van der Waals surface area (Å²) in [6, 6.07) is 107. The summed E-state index contributed by atoms with van der Waals surface area (Å²) in [5.74, 6) is 5.48. The van der Waals surface area contributed by atoms with Crippen LogP contribution in [-0.2, 0) is 44.8 Å². The van der Waals surface area contributed by atoms with Crippen molar-refractivity contribution in [2.45, 2.75) is 12.1 Å². The van der Waals surface area contributed by atoms with E-state index in [1.54, 1.807) is 5.30 Å². The zero-order valence-corrected chi connectivity index (χ0v) is 54.7. The summed E-state index contributed by atoms with van der Waals surface area (Å²) in [4.78, 5) is 0. The zero-order valence-electron chi connectivity index (χ0n) is 46.4. The van der Waals surface area contributed by atoms with Crippen molar-refractivity contribution in [1.82, 2.24) is 0 Å². The second-order valence-electron chi connectivity index (χ2n) is 21.0. The Kier molecular flexibility index (Phi) is 20.1. The van der Waals surface area contributed by atoms with Crippen LogP contribution in [0.1, 0.15) is 17.5 Å². The van der Waals surface area contributed by atoms with Crippen molar-refractivity contribution in [2.75, 3.05) is 12.3 Å². The SMILES string of the molecule is C1=CCC([PH+](CC[PH+](c2ccccc2)c2ccccc2)c2ccccc2)C=C1.[Au+].[Au+].[C-]#Cc1cccc2c1[Si](c1ccccc1)(c1ccccc1)c1ccccc1-2.[C-]#Cc1cccc2c1[Si](c1ccccc1)(c1ccccc1)c1ccccc1-2. The van der Waals surface area contributed by atoms with Crippen LogP contribution in [-0.4, -0.2) is 34.1 Å². The number of benzene rings is 11. The van der Waals surface area contributed by atoms with Gasteiger partial charge in [0.1, 0.15) is 6.16 Å². The van der Waals surface area contributed by atoms with Gasteiger partial charge in [-0.25, -0.2) is 0 Å². The monoisotopic (exact) mass is 1510 g/mol. The maximum absolute atomic E-state index is 7.99. The fourth-order valence-electron chi connectivity index (χ4n) is 13.2. The largest absolute Gasteiger partial charge is 1.00 e. The van der Waals surface area contributed by atoms with Gasteiger partial charge in [0.2, 0.25) is 0 Å². The number of allylic oxidation sites excluding steroid dienone is 4. The normalized spacial score (nSPS) is 14.3. The predicted molar refractivity (Wildman–Crippen MR) is 362 cm³/mol. The van der Waals surface area contributed by atoms with Crippen LogP contribution in [0.2, 0.25) is 0 Å². The third-order valence-electron chi connectivity index (χ3n) is 16.7. The Bertz CT molecular complexity index is 3800. The molecular weight excluding hydrogens is 1450 g/mol. The van der Waals surface area contributed by atoms with Gasteiger partial charge in [-0.2, -0.15) is 0 Å². The summed E-state index contributed by atoms with van der Waals surface area (Å²) < 4.78 is 0. The fraction of sp³-hybridized carbons (Fsp3) is 0.0513. The minimum absolute atomic E-state index is 0. The van der Waals surface area contributed by atoms with E-state index in [1.807, 2.05) is 24.3 Å². The second-order valence-corrected chi connectivity index (χ2v) is 33.9. The van der Waals surface area contributed by atoms with Crippen molar-refractivity contribution in [3.63, 3.8) is 0 Å². The number of hydrogen-bond acceptors (Lipinski definition) is 0. The summed E-state index contributed by atoms with van der Waals surface area (Å²) in [5.41, 5.74) is 7.61. The van der Waals surface area contributed by atoms with E-state index in [1.165, 1.54) is 93.1 Å². The van der Waals surface area contributed by atoms with Crippen LogP contribution >= 0.6 is 15.8 Å². The zero-order chi connectivity index (χ0) is 55.6. The predicted octanol–water partition coefficient (Wildman–Crippen LogP) is 11.2. The van der Waals surface area contributed by atoms with E-state index in [0.29, 0.717) is 5.66 Å². The van der Waals surface area contributed by atoms with Crippen LogP contribution < -0.4 is 57.4 Å². The first kappa shape index (κ1) is 59.9. The first-order valence-corrected chi connectivity index (χ1v) is 35.9. The Balaban J connectivity index is 0.000000139. The van der Waals surface area contributed by atoms with Crippen LogP contribution in [0, 0.1) is 24.7 Å². The molecule has 6 heteroatoms. The summed E-state index contributed by atoms with van der Waals surface area (Å²) >= 11 is 0. The minimum Gasteiger partial charge on any atom is -0.366 e. The summed E-state index contributed by atoms with van der Waals surface area (Å²) in [5, 5.41) is 15.4. The molecule has 0 nitrogen and oxygen atoms in total. The molecule has 3 aliphatic rings. The Morgan fingerprint density at radius 2 is 0.679 bits per heavy atom. The standard InChI is InChI=1S/C26H26P2.2C26H17Si.2Au/c1-5-13-23(14-6-1)27(24-15-7-2-8-16-24)21-22-28(25-17-9-3-10-18-25)26-19-11-4-12-20-26;2*1-2-20-12-11-18-24-23-17-9-10-19-25(23)27(26(20)24,21-13-5-3-6-14-21)22-15-7-4-8-16-22;;/h1-19,26H,20-22H2;2*3-19H;;/q;2*-1;2*+1/p+2. The Morgan fingerprint density at radius 1 is 0.345 bits per heavy atom. The molecule has 2 atom stereocenters. The van der Waals surface area contributed by atoms with E-state index < -0.39 is 32.0 Å². The van der Waals surface area contributed by atoms with Crippen LogP contribution in [0.5, 0.6) is 0 Å². The van der Waals surface area contributed by atoms with E-state index in [-0.39, 0.29) is 44.8 Å². The van der Waals surface area contributed by atoms with Crippen molar-refractivity contribution < 1.29 is 44.8 Å². The molecule has 0 saturated carbocycles. The summed E-state index contributed by atoms with van der Waals surface area (Å²) in [6.07, 6.45) is 29.1. The van der Waals surface area contributed by atoms with Crippen molar-refractivity contribution in [3.8, 4) is 34.1 Å². The molecule has 0 amide bonds. The van der Waals surface area contributed by atoms with Crippen LogP contribution in [0.25, 0.3) is 22.3 Å². The quantitative estimate of drug-likeness (QED) is 0.0524. The molecule has 14 rings (SSSR count). The second kappa shape index (κ2) is 28.1. The topological polar surface area (TPSA) is 0 Å². The third-order valence-corrected chi connectivity index (χ3v) is 33.0. The number of rotatable bonds is 11. The van der Waals surface area contributed by atoms with Crippen molar-refractivity contribution in [3.05, 3.63) is 346 Å². The molecule has 1 aliphatic carbocycles. The Morgan fingerprint density at radius 3 is 1.04 bits per heavy atom. The van der Waals surface area contributed by atoms with Gasteiger partial charge < -0.3 is 12.8 Å². The molecule has 0 fully saturated rings. The molecule has 412 valence electrons. The Labute approximate surface area is 533 Å². The van der Waals surface area contributed by atoms with E-state index >= 15 is 0 Å². The van der Waals surface area contributed by atoms with Gasteiger partial charge >= 0.3 is 44.8 Å². The average Bonchev–Trinajstić information content (AvgIpc) is 1.62. The Hall–Kier alpha value is -7.21. The van der Waals surface area contributed by atoms with Crippen molar-refractivity contribution >= 4 is 89.4 Å². The summed E-state index contributed by atoms with van der Waals surface area (Å²) in [7, 11) is -6.35. The molecule has 0 spiro atoms. The number of hydrogen-bond donors (Lipinski definition) is 0. The molecule has 0 aromatic heterocycles. The van der Waals surface area contributed by atoms with Gasteiger partial charge in [0.05, 0.1) is 35.7 Å². The van der Waals surface area contributed by atoms with E-state index in [2.05, 4.69) is 309 Å². The van der Waals surface area contributed by atoms with Gasteiger partial charge in [-0.15, -0.1) is 33.6 Å². The average molecular weight is 1510 g/mol. The van der Waals surface area contributed by atoms with Crippen molar-refractivity contribution in [2.24, 2.45) is 0 Å². The molecule has 0 radical (unpaired) electrons. The van der Waals surface area contributed by atoms with Gasteiger partial charge in [0.15, 0.2) is 16.1 Å². The van der Waals surface area contributed by atoms with Gasteiger partial charge in [0.25, 0.3) is 0 Å². The molecule has 11 aromatic rings.